The van der Waals surface area contributed by atoms with E-state index in [1.165, 1.54) is 13.8 Å². The van der Waals surface area contributed by atoms with Gasteiger partial charge in [-0.15, -0.1) is 0 Å². The fourth-order valence-electron chi connectivity index (χ4n) is 0. The number of carboxylic acids is 5. The molecule has 0 amide bonds. The van der Waals surface area contributed by atoms with Crippen LogP contribution in [0.1, 0.15) is 13.8 Å². The molecule has 13 heteroatoms. The maximum absolute atomic E-state index is 9.45. The summed E-state index contributed by atoms with van der Waals surface area (Å²) in [5.41, 5.74) is 0. The van der Waals surface area contributed by atoms with Crippen molar-refractivity contribution in [1.29, 1.82) is 0 Å². The molecule has 0 radical (unpaired) electrons. The van der Waals surface area contributed by atoms with Crippen LogP contribution in [0.25, 0.3) is 0 Å². The molecule has 2 atom stereocenters. The molecule has 0 aliphatic rings. The quantitative estimate of drug-likeness (QED) is 0.239. The highest BCUT2D eigenvalue weighted by atomic mass is 16.4. The molecule has 0 aromatic rings. The number of hydrogen-bond acceptors (Lipinski definition) is 8. The summed E-state index contributed by atoms with van der Waals surface area (Å²) in [7, 11) is 0. The Bertz CT molecular complexity index is 354. The number of hydrogen-bond donors (Lipinski definition) is 8. The van der Waals surface area contributed by atoms with Gasteiger partial charge in [0.15, 0.2) is 0 Å². The van der Waals surface area contributed by atoms with E-state index in [2.05, 4.69) is 0 Å². The van der Waals surface area contributed by atoms with E-state index in [9.17, 15) is 9.59 Å². The fraction of sp³-hybridized carbons (Fsp3) is 0.500. The zero-order valence-corrected chi connectivity index (χ0v) is 12.0. The maximum Gasteiger partial charge on any atom is 0.414 e. The SMILES string of the molecule is CC(O)C(=O)O.C[C@H](O)C(=O)O.O=C(O)C(=O)O.O=C(O)CO. The van der Waals surface area contributed by atoms with Crippen LogP contribution in [-0.2, 0) is 24.0 Å². The van der Waals surface area contributed by atoms with Crippen LogP contribution in [0, 0.1) is 0 Å². The first kappa shape index (κ1) is 28.4. The molecular formula is C10H18O13. The van der Waals surface area contributed by atoms with Gasteiger partial charge in [0.2, 0.25) is 0 Å². The summed E-state index contributed by atoms with van der Waals surface area (Å²) in [6, 6.07) is 0. The smallest absolute Gasteiger partial charge is 0.414 e. The van der Waals surface area contributed by atoms with Gasteiger partial charge >= 0.3 is 29.8 Å². The summed E-state index contributed by atoms with van der Waals surface area (Å²) in [5, 5.41) is 61.3. The zero-order valence-electron chi connectivity index (χ0n) is 12.0. The van der Waals surface area contributed by atoms with E-state index in [0.29, 0.717) is 0 Å². The van der Waals surface area contributed by atoms with E-state index in [4.69, 9.17) is 55.2 Å². The molecule has 8 N–H and O–H groups in total. The lowest BCUT2D eigenvalue weighted by Gasteiger charge is -1.89. The molecule has 136 valence electrons. The van der Waals surface area contributed by atoms with Crippen LogP contribution in [0.3, 0.4) is 0 Å². The number of rotatable bonds is 3. The van der Waals surface area contributed by atoms with Gasteiger partial charge in [-0.1, -0.05) is 0 Å². The largest absolute Gasteiger partial charge is 0.480 e. The third-order valence-corrected chi connectivity index (χ3v) is 1.03. The molecule has 13 nitrogen and oxygen atoms in total. The predicted octanol–water partition coefficient (Wildman–Crippen LogP) is -2.88. The second-order valence-electron chi connectivity index (χ2n) is 3.19. The lowest BCUT2D eigenvalue weighted by atomic mass is 10.4. The van der Waals surface area contributed by atoms with E-state index in [1.807, 2.05) is 0 Å². The second kappa shape index (κ2) is 17.3. The van der Waals surface area contributed by atoms with Crippen LogP contribution in [0.2, 0.25) is 0 Å². The molecule has 0 aromatic heterocycles. The minimum atomic E-state index is -1.82. The Morgan fingerprint density at radius 2 is 0.826 bits per heavy atom. The molecular weight excluding hydrogens is 328 g/mol. The highest BCUT2D eigenvalue weighted by Crippen LogP contribution is 1.73. The summed E-state index contributed by atoms with van der Waals surface area (Å²) in [5.74, 6) is -7.21. The van der Waals surface area contributed by atoms with Gasteiger partial charge in [0.05, 0.1) is 0 Å². The summed E-state index contributed by atoms with van der Waals surface area (Å²) >= 11 is 0. The Labute approximate surface area is 128 Å². The highest BCUT2D eigenvalue weighted by molar-refractivity contribution is 6.27. The molecule has 0 bridgehead atoms. The molecule has 0 rings (SSSR count). The van der Waals surface area contributed by atoms with Gasteiger partial charge in [-0.2, -0.15) is 0 Å². The summed E-state index contributed by atoms with van der Waals surface area (Å²) < 4.78 is 0. The Balaban J connectivity index is -0.000000105. The monoisotopic (exact) mass is 346 g/mol. The van der Waals surface area contributed by atoms with Crippen LogP contribution in [0.4, 0.5) is 0 Å². The van der Waals surface area contributed by atoms with Gasteiger partial charge in [0.1, 0.15) is 18.8 Å². The van der Waals surface area contributed by atoms with Crippen molar-refractivity contribution in [3.05, 3.63) is 0 Å². The molecule has 1 unspecified atom stereocenters. The van der Waals surface area contributed by atoms with Crippen LogP contribution in [-0.4, -0.2) is 89.5 Å². The van der Waals surface area contributed by atoms with Gasteiger partial charge in [-0.25, -0.2) is 24.0 Å². The third kappa shape index (κ3) is 45.3. The zero-order chi connectivity index (χ0) is 19.7. The summed E-state index contributed by atoms with van der Waals surface area (Å²) in [4.78, 5) is 46.2. The average Bonchev–Trinajstić information content (AvgIpc) is 2.40. The van der Waals surface area contributed by atoms with E-state index in [-0.39, 0.29) is 0 Å². The molecule has 0 aromatic carbocycles. The second-order valence-corrected chi connectivity index (χ2v) is 3.19. The average molecular weight is 346 g/mol. The molecule has 0 saturated carbocycles. The van der Waals surface area contributed by atoms with Crippen molar-refractivity contribution < 1.29 is 64.8 Å². The lowest BCUT2D eigenvalue weighted by molar-refractivity contribution is -0.159. The molecule has 0 fully saturated rings. The van der Waals surface area contributed by atoms with Crippen molar-refractivity contribution >= 4 is 29.8 Å². The standard InChI is InChI=1S/2C3H6O3.C2H2O4.C2H4O3/c2*1-2(4)3(5)6;3-1(4)2(5)6;3-1-2(4)5/h2*2,4H,1H3,(H,5,6);(H,3,4)(H,5,6);3H,1H2,(H,4,5)/t2-;;;/m0.../s1. The first-order chi connectivity index (χ1) is 10.2. The van der Waals surface area contributed by atoms with Crippen LogP contribution < -0.4 is 0 Å². The Morgan fingerprint density at radius 3 is 0.826 bits per heavy atom. The van der Waals surface area contributed by atoms with Crippen molar-refractivity contribution in [2.75, 3.05) is 6.61 Å². The van der Waals surface area contributed by atoms with Gasteiger partial charge in [0, 0.05) is 0 Å². The van der Waals surface area contributed by atoms with Crippen LogP contribution in [0.15, 0.2) is 0 Å². The number of aliphatic hydroxyl groups excluding tert-OH is 3. The molecule has 0 saturated heterocycles. The van der Waals surface area contributed by atoms with Gasteiger partial charge in [0.25, 0.3) is 0 Å². The molecule has 23 heavy (non-hydrogen) atoms. The lowest BCUT2D eigenvalue weighted by Crippen LogP contribution is -2.13. The minimum Gasteiger partial charge on any atom is -0.480 e. The number of carboxylic acid groups (broad SMARTS) is 5. The van der Waals surface area contributed by atoms with Crippen molar-refractivity contribution in [1.82, 2.24) is 0 Å². The molecule has 0 spiro atoms. The van der Waals surface area contributed by atoms with E-state index in [1.54, 1.807) is 0 Å². The normalized spacial score (nSPS) is 10.7. The topological polar surface area (TPSA) is 247 Å². The van der Waals surface area contributed by atoms with Crippen LogP contribution in [0.5, 0.6) is 0 Å². The van der Waals surface area contributed by atoms with E-state index >= 15 is 0 Å². The number of aliphatic hydroxyl groups is 3. The number of carbonyl (C=O) groups is 5. The Kier molecular flexibility index (Phi) is 21.3. The first-order valence-electron chi connectivity index (χ1n) is 5.31. The van der Waals surface area contributed by atoms with Crippen molar-refractivity contribution in [2.24, 2.45) is 0 Å². The summed E-state index contributed by atoms with van der Waals surface area (Å²) in [6.45, 7) is 1.62. The van der Waals surface area contributed by atoms with E-state index < -0.39 is 48.7 Å². The molecule has 0 aliphatic heterocycles. The van der Waals surface area contributed by atoms with Gasteiger partial charge in [-0.3, -0.25) is 0 Å². The predicted molar refractivity (Wildman–Crippen MR) is 68.6 cm³/mol. The maximum atomic E-state index is 9.45. The van der Waals surface area contributed by atoms with Gasteiger partial charge in [-0.05, 0) is 13.8 Å². The van der Waals surface area contributed by atoms with Crippen molar-refractivity contribution in [3.8, 4) is 0 Å². The van der Waals surface area contributed by atoms with Crippen molar-refractivity contribution in [3.63, 3.8) is 0 Å². The Hall–Kier alpha value is -2.77. The third-order valence-electron chi connectivity index (χ3n) is 1.03. The fourth-order valence-corrected chi connectivity index (χ4v) is 0. The molecule has 0 aliphatic carbocycles. The molecule has 0 heterocycles. The van der Waals surface area contributed by atoms with Gasteiger partial charge < -0.3 is 40.9 Å². The van der Waals surface area contributed by atoms with E-state index in [0.717, 1.165) is 0 Å². The first-order valence-corrected chi connectivity index (χ1v) is 5.31. The minimum absolute atomic E-state index is 0.778. The Morgan fingerprint density at radius 1 is 0.696 bits per heavy atom. The number of aliphatic carboxylic acids is 5. The van der Waals surface area contributed by atoms with Crippen LogP contribution >= 0.6 is 0 Å². The highest BCUT2D eigenvalue weighted by Gasteiger charge is 2.04. The van der Waals surface area contributed by atoms with Crippen molar-refractivity contribution in [2.45, 2.75) is 26.1 Å². The summed E-state index contributed by atoms with van der Waals surface area (Å²) in [6.07, 6.45) is -2.46.